The number of carbonyl (C=O) groups excluding carboxylic acids is 1. The number of piperidine rings is 1. The van der Waals surface area contributed by atoms with Gasteiger partial charge in [-0.05, 0) is 51.8 Å². The number of hydrogen-bond acceptors (Lipinski definition) is 4. The SMILES string of the molecule is CCOC(=O)C1(CCOC)CCN(CC(C)=Cc2ccccc2)CC1. The number of benzene rings is 1. The van der Waals surface area contributed by atoms with E-state index in [-0.39, 0.29) is 11.4 Å². The molecular formula is C21H31NO3. The van der Waals surface area contributed by atoms with Crippen LogP contribution >= 0.6 is 0 Å². The normalized spacial score (nSPS) is 18.1. The van der Waals surface area contributed by atoms with E-state index in [1.807, 2.05) is 13.0 Å². The molecule has 1 aliphatic heterocycles. The molecule has 2 rings (SSSR count). The highest BCUT2D eigenvalue weighted by molar-refractivity contribution is 5.77. The lowest BCUT2D eigenvalue weighted by Gasteiger charge is -2.40. The minimum atomic E-state index is -0.375. The molecule has 25 heavy (non-hydrogen) atoms. The van der Waals surface area contributed by atoms with Gasteiger partial charge in [-0.1, -0.05) is 42.0 Å². The minimum Gasteiger partial charge on any atom is -0.466 e. The van der Waals surface area contributed by atoms with Crippen LogP contribution in [0.3, 0.4) is 0 Å². The summed E-state index contributed by atoms with van der Waals surface area (Å²) >= 11 is 0. The van der Waals surface area contributed by atoms with Crippen molar-refractivity contribution >= 4 is 12.0 Å². The second kappa shape index (κ2) is 9.73. The van der Waals surface area contributed by atoms with E-state index < -0.39 is 0 Å². The molecule has 1 heterocycles. The third kappa shape index (κ3) is 5.68. The van der Waals surface area contributed by atoms with Crippen molar-refractivity contribution in [3.8, 4) is 0 Å². The van der Waals surface area contributed by atoms with Crippen LogP contribution in [0.4, 0.5) is 0 Å². The van der Waals surface area contributed by atoms with Crippen LogP contribution in [0.2, 0.25) is 0 Å². The van der Waals surface area contributed by atoms with Gasteiger partial charge in [0.25, 0.3) is 0 Å². The van der Waals surface area contributed by atoms with Crippen molar-refractivity contribution in [2.45, 2.75) is 33.1 Å². The zero-order valence-corrected chi connectivity index (χ0v) is 15.8. The first-order valence-electron chi connectivity index (χ1n) is 9.20. The molecule has 4 heteroatoms. The van der Waals surface area contributed by atoms with Crippen LogP contribution in [0.1, 0.15) is 38.7 Å². The van der Waals surface area contributed by atoms with Gasteiger partial charge in [0, 0.05) is 20.3 Å². The van der Waals surface area contributed by atoms with Crippen molar-refractivity contribution in [1.29, 1.82) is 0 Å². The van der Waals surface area contributed by atoms with Crippen LogP contribution in [0.25, 0.3) is 6.08 Å². The van der Waals surface area contributed by atoms with E-state index in [0.717, 1.165) is 38.9 Å². The molecule has 0 aliphatic carbocycles. The molecule has 1 fully saturated rings. The number of methoxy groups -OCH3 is 1. The number of esters is 1. The van der Waals surface area contributed by atoms with Gasteiger partial charge in [-0.2, -0.15) is 0 Å². The predicted octanol–water partition coefficient (Wildman–Crippen LogP) is 3.77. The molecule has 0 unspecified atom stereocenters. The van der Waals surface area contributed by atoms with Crippen LogP contribution in [0.15, 0.2) is 35.9 Å². The monoisotopic (exact) mass is 345 g/mol. The van der Waals surface area contributed by atoms with Gasteiger partial charge in [0.2, 0.25) is 0 Å². The summed E-state index contributed by atoms with van der Waals surface area (Å²) in [5.41, 5.74) is 2.20. The molecule has 0 spiro atoms. The quantitative estimate of drug-likeness (QED) is 0.672. The Morgan fingerprint density at radius 1 is 1.24 bits per heavy atom. The molecule has 1 aliphatic rings. The Morgan fingerprint density at radius 3 is 2.52 bits per heavy atom. The number of hydrogen-bond donors (Lipinski definition) is 0. The Labute approximate surface area is 151 Å². The third-order valence-corrected chi connectivity index (χ3v) is 4.99. The standard InChI is InChI=1S/C21H31NO3/c1-4-25-20(23)21(12-15-24-3)10-13-22(14-11-21)17-18(2)16-19-8-6-5-7-9-19/h5-9,16H,4,10-15,17H2,1-3H3. The van der Waals surface area contributed by atoms with Crippen molar-refractivity contribution in [2.75, 3.05) is 40.0 Å². The Hall–Kier alpha value is -1.65. The lowest BCUT2D eigenvalue weighted by molar-refractivity contribution is -0.160. The highest BCUT2D eigenvalue weighted by Gasteiger charge is 2.42. The lowest BCUT2D eigenvalue weighted by atomic mass is 9.75. The zero-order valence-electron chi connectivity index (χ0n) is 15.8. The summed E-state index contributed by atoms with van der Waals surface area (Å²) in [6, 6.07) is 10.4. The Balaban J connectivity index is 1.94. The van der Waals surface area contributed by atoms with E-state index in [2.05, 4.69) is 42.2 Å². The van der Waals surface area contributed by atoms with E-state index in [1.165, 1.54) is 11.1 Å². The van der Waals surface area contributed by atoms with Gasteiger partial charge >= 0.3 is 5.97 Å². The van der Waals surface area contributed by atoms with Gasteiger partial charge in [0.15, 0.2) is 0 Å². The van der Waals surface area contributed by atoms with Crippen molar-refractivity contribution in [3.05, 3.63) is 41.5 Å². The summed E-state index contributed by atoms with van der Waals surface area (Å²) in [5, 5.41) is 0. The predicted molar refractivity (Wildman–Crippen MR) is 101 cm³/mol. The van der Waals surface area contributed by atoms with Crippen molar-refractivity contribution in [1.82, 2.24) is 4.90 Å². The number of nitrogens with zero attached hydrogens (tertiary/aromatic N) is 1. The van der Waals surface area contributed by atoms with Crippen LogP contribution < -0.4 is 0 Å². The summed E-state index contributed by atoms with van der Waals surface area (Å²) in [7, 11) is 1.69. The van der Waals surface area contributed by atoms with E-state index in [1.54, 1.807) is 7.11 Å². The maximum atomic E-state index is 12.5. The van der Waals surface area contributed by atoms with Gasteiger partial charge in [0.05, 0.1) is 12.0 Å². The molecular weight excluding hydrogens is 314 g/mol. The van der Waals surface area contributed by atoms with E-state index >= 15 is 0 Å². The molecule has 0 saturated carbocycles. The Morgan fingerprint density at radius 2 is 1.92 bits per heavy atom. The molecule has 1 aromatic carbocycles. The highest BCUT2D eigenvalue weighted by atomic mass is 16.5. The fraction of sp³-hybridized carbons (Fsp3) is 0.571. The van der Waals surface area contributed by atoms with Crippen molar-refractivity contribution in [3.63, 3.8) is 0 Å². The van der Waals surface area contributed by atoms with E-state index in [9.17, 15) is 4.79 Å². The molecule has 1 saturated heterocycles. The second-order valence-electron chi connectivity index (χ2n) is 6.92. The highest BCUT2D eigenvalue weighted by Crippen LogP contribution is 2.36. The molecule has 1 aromatic rings. The third-order valence-electron chi connectivity index (χ3n) is 4.99. The minimum absolute atomic E-state index is 0.0525. The van der Waals surface area contributed by atoms with Gasteiger partial charge in [0.1, 0.15) is 0 Å². The molecule has 0 radical (unpaired) electrons. The van der Waals surface area contributed by atoms with Gasteiger partial charge in [-0.25, -0.2) is 0 Å². The summed E-state index contributed by atoms with van der Waals surface area (Å²) in [6.45, 7) is 7.87. The number of rotatable bonds is 8. The number of likely N-dealkylation sites (tertiary alicyclic amines) is 1. The molecule has 4 nitrogen and oxygen atoms in total. The molecule has 0 aromatic heterocycles. The largest absolute Gasteiger partial charge is 0.466 e. The fourth-order valence-corrected chi connectivity index (χ4v) is 3.51. The first-order chi connectivity index (χ1) is 12.1. The van der Waals surface area contributed by atoms with Crippen LogP contribution in [0.5, 0.6) is 0 Å². The Kier molecular flexibility index (Phi) is 7.66. The van der Waals surface area contributed by atoms with Crippen molar-refractivity contribution < 1.29 is 14.3 Å². The summed E-state index contributed by atoms with van der Waals surface area (Å²) < 4.78 is 10.6. The topological polar surface area (TPSA) is 38.8 Å². The Bertz CT molecular complexity index is 560. The average molecular weight is 345 g/mol. The lowest BCUT2D eigenvalue weighted by Crippen LogP contribution is -2.46. The fourth-order valence-electron chi connectivity index (χ4n) is 3.51. The van der Waals surface area contributed by atoms with Gasteiger partial charge in [-0.3, -0.25) is 9.69 Å². The van der Waals surface area contributed by atoms with Gasteiger partial charge < -0.3 is 9.47 Å². The molecule has 0 N–H and O–H groups in total. The average Bonchev–Trinajstić information content (AvgIpc) is 2.62. The zero-order chi connectivity index (χ0) is 18.1. The van der Waals surface area contributed by atoms with Crippen LogP contribution in [-0.4, -0.2) is 50.8 Å². The van der Waals surface area contributed by atoms with E-state index in [4.69, 9.17) is 9.47 Å². The van der Waals surface area contributed by atoms with Crippen molar-refractivity contribution in [2.24, 2.45) is 5.41 Å². The summed E-state index contributed by atoms with van der Waals surface area (Å²) in [5.74, 6) is -0.0525. The molecule has 0 atom stereocenters. The second-order valence-corrected chi connectivity index (χ2v) is 6.92. The maximum Gasteiger partial charge on any atom is 0.312 e. The summed E-state index contributed by atoms with van der Waals surface area (Å²) in [4.78, 5) is 14.9. The first-order valence-corrected chi connectivity index (χ1v) is 9.20. The first kappa shape index (κ1) is 19.7. The number of ether oxygens (including phenoxy) is 2. The molecule has 138 valence electrons. The smallest absolute Gasteiger partial charge is 0.312 e. The summed E-state index contributed by atoms with van der Waals surface area (Å²) in [6.07, 6.45) is 4.66. The maximum absolute atomic E-state index is 12.5. The van der Waals surface area contributed by atoms with E-state index in [0.29, 0.717) is 13.2 Å². The molecule has 0 bridgehead atoms. The number of carbonyl (C=O) groups is 1. The van der Waals surface area contributed by atoms with Crippen LogP contribution in [0, 0.1) is 5.41 Å². The van der Waals surface area contributed by atoms with Crippen LogP contribution in [-0.2, 0) is 14.3 Å². The van der Waals surface area contributed by atoms with Gasteiger partial charge in [-0.15, -0.1) is 0 Å². The molecule has 0 amide bonds.